The second-order valence-corrected chi connectivity index (χ2v) is 6.76. The van der Waals surface area contributed by atoms with Crippen LogP contribution in [0.25, 0.3) is 0 Å². The smallest absolute Gasteiger partial charge is 0.347 e. The Labute approximate surface area is 162 Å². The van der Waals surface area contributed by atoms with Gasteiger partial charge in [0.1, 0.15) is 11.2 Å². The number of benzene rings is 2. The minimum atomic E-state index is -0.830. The summed E-state index contributed by atoms with van der Waals surface area (Å²) in [6, 6.07) is 12.6. The first-order valence-electron chi connectivity index (χ1n) is 8.25. The van der Waals surface area contributed by atoms with Crippen LogP contribution >= 0.6 is 11.8 Å². The molecule has 0 heterocycles. The van der Waals surface area contributed by atoms with E-state index in [1.165, 1.54) is 0 Å². The van der Waals surface area contributed by atoms with Crippen LogP contribution in [-0.4, -0.2) is 24.6 Å². The molecule has 2 aromatic rings. The van der Waals surface area contributed by atoms with Crippen LogP contribution in [0, 0.1) is 24.5 Å². The van der Waals surface area contributed by atoms with E-state index in [0.29, 0.717) is 11.4 Å². The fourth-order valence-electron chi connectivity index (χ4n) is 2.27. The number of hydrogen-bond acceptors (Lipinski definition) is 6. The molecule has 6 nitrogen and oxygen atoms in total. The van der Waals surface area contributed by atoms with Crippen molar-refractivity contribution in [2.75, 3.05) is 11.9 Å². The molecule has 0 aromatic heterocycles. The quantitative estimate of drug-likeness (QED) is 0.443. The van der Waals surface area contributed by atoms with Crippen LogP contribution in [0.4, 0.5) is 5.69 Å². The van der Waals surface area contributed by atoms with Crippen molar-refractivity contribution in [1.29, 1.82) is 5.26 Å². The van der Waals surface area contributed by atoms with Gasteiger partial charge in [0.2, 0.25) is 0 Å². The lowest BCUT2D eigenvalue weighted by atomic mass is 10.2. The second-order valence-electron chi connectivity index (χ2n) is 5.90. The van der Waals surface area contributed by atoms with E-state index in [4.69, 9.17) is 14.7 Å². The van der Waals surface area contributed by atoms with Crippen LogP contribution < -0.4 is 10.1 Å². The van der Waals surface area contributed by atoms with E-state index in [0.717, 1.165) is 27.8 Å². The number of thioether (sulfide) groups is 1. The van der Waals surface area contributed by atoms with E-state index in [9.17, 15) is 9.59 Å². The summed E-state index contributed by atoms with van der Waals surface area (Å²) in [7, 11) is 0. The molecule has 0 spiro atoms. The Bertz CT molecular complexity index is 877. The highest BCUT2D eigenvalue weighted by Crippen LogP contribution is 2.23. The highest BCUT2D eigenvalue weighted by atomic mass is 32.2. The molecule has 0 unspecified atom stereocenters. The zero-order valence-electron chi connectivity index (χ0n) is 15.3. The minimum absolute atomic E-state index is 0.408. The van der Waals surface area contributed by atoms with E-state index < -0.39 is 24.6 Å². The molecule has 0 radical (unpaired) electrons. The number of hydrogen-bond donors (Lipinski definition) is 1. The summed E-state index contributed by atoms with van der Waals surface area (Å²) < 4.78 is 10.5. The molecule has 2 rings (SSSR count). The second kappa shape index (κ2) is 9.64. The van der Waals surface area contributed by atoms with Crippen LogP contribution in [0.15, 0.2) is 47.4 Å². The van der Waals surface area contributed by atoms with Crippen molar-refractivity contribution in [3.8, 4) is 11.2 Å². The largest absolute Gasteiger partial charge is 0.479 e. The lowest BCUT2D eigenvalue weighted by Crippen LogP contribution is -2.29. The highest BCUT2D eigenvalue weighted by Gasteiger charge is 2.18. The molecule has 0 saturated heterocycles. The molecule has 2 aromatic carbocycles. The van der Waals surface area contributed by atoms with Crippen LogP contribution in [-0.2, 0) is 14.3 Å². The van der Waals surface area contributed by atoms with Gasteiger partial charge >= 0.3 is 5.97 Å². The van der Waals surface area contributed by atoms with Crippen molar-refractivity contribution >= 4 is 29.3 Å². The molecule has 27 heavy (non-hydrogen) atoms. The predicted molar refractivity (Wildman–Crippen MR) is 104 cm³/mol. The monoisotopic (exact) mass is 384 g/mol. The Hall–Kier alpha value is -2.98. The number of aryl methyl sites for hydroxylation is 2. The Kier molecular flexibility index (Phi) is 7.26. The Morgan fingerprint density at radius 1 is 1.22 bits per heavy atom. The summed E-state index contributed by atoms with van der Waals surface area (Å²) in [5.74, 6) is -0.506. The molecule has 0 saturated carbocycles. The summed E-state index contributed by atoms with van der Waals surface area (Å²) in [6.45, 7) is 4.90. The maximum atomic E-state index is 12.0. The highest BCUT2D eigenvalue weighted by molar-refractivity contribution is 8.03. The molecule has 1 N–H and O–H groups in total. The number of nitriles is 1. The summed E-state index contributed by atoms with van der Waals surface area (Å²) in [4.78, 5) is 24.8. The molecule has 7 heteroatoms. The zero-order valence-corrected chi connectivity index (χ0v) is 16.1. The van der Waals surface area contributed by atoms with E-state index >= 15 is 0 Å². The molecule has 1 amide bonds. The molecular formula is C20H20N2O4S. The molecular weight excluding hydrogens is 364 g/mol. The van der Waals surface area contributed by atoms with Crippen LogP contribution in [0.3, 0.4) is 0 Å². The maximum absolute atomic E-state index is 12.0. The normalized spacial score (nSPS) is 11.2. The molecule has 140 valence electrons. The number of esters is 1. The minimum Gasteiger partial charge on any atom is -0.479 e. The van der Waals surface area contributed by atoms with Gasteiger partial charge in [0, 0.05) is 10.6 Å². The van der Waals surface area contributed by atoms with Crippen molar-refractivity contribution in [1.82, 2.24) is 0 Å². The Balaban J connectivity index is 1.84. The number of nitrogens with one attached hydrogen (secondary N) is 1. The molecule has 0 bridgehead atoms. The fourth-order valence-corrected chi connectivity index (χ4v) is 2.75. The van der Waals surface area contributed by atoms with Gasteiger partial charge in [-0.2, -0.15) is 5.26 Å². The van der Waals surface area contributed by atoms with Crippen molar-refractivity contribution in [2.45, 2.75) is 31.8 Å². The number of rotatable bonds is 7. The van der Waals surface area contributed by atoms with E-state index in [-0.39, 0.29) is 0 Å². The summed E-state index contributed by atoms with van der Waals surface area (Å²) in [5, 5.41) is 13.4. The lowest BCUT2D eigenvalue weighted by molar-refractivity contribution is -0.153. The first-order chi connectivity index (χ1) is 12.9. The zero-order chi connectivity index (χ0) is 19.8. The van der Waals surface area contributed by atoms with Crippen molar-refractivity contribution < 1.29 is 19.1 Å². The number of carbonyl (C=O) groups excluding carboxylic acids is 2. The van der Waals surface area contributed by atoms with Crippen molar-refractivity contribution in [2.24, 2.45) is 0 Å². The van der Waals surface area contributed by atoms with E-state index in [1.807, 2.05) is 37.4 Å². The van der Waals surface area contributed by atoms with Crippen molar-refractivity contribution in [3.05, 3.63) is 53.6 Å². The number of amides is 1. The van der Waals surface area contributed by atoms with Crippen LogP contribution in [0.2, 0.25) is 0 Å². The summed E-state index contributed by atoms with van der Waals surface area (Å²) in [5.41, 5.74) is 2.43. The van der Waals surface area contributed by atoms with Crippen LogP contribution in [0.5, 0.6) is 5.75 Å². The average Bonchev–Trinajstić information content (AvgIpc) is 2.62. The SMILES string of the molecule is Cc1cccc(O[C@@H](C)C(=O)OCC(=O)Nc2ccc(SC#N)cc2C)c1. The molecule has 0 aliphatic heterocycles. The van der Waals surface area contributed by atoms with Gasteiger partial charge in [-0.05, 0) is 74.0 Å². The van der Waals surface area contributed by atoms with Gasteiger partial charge in [0.05, 0.1) is 0 Å². The number of ether oxygens (including phenoxy) is 2. The summed E-state index contributed by atoms with van der Waals surface area (Å²) in [6.07, 6.45) is -0.830. The number of anilines is 1. The van der Waals surface area contributed by atoms with E-state index in [1.54, 1.807) is 31.2 Å². The topological polar surface area (TPSA) is 88.4 Å². The Morgan fingerprint density at radius 2 is 2.00 bits per heavy atom. The first-order valence-corrected chi connectivity index (χ1v) is 9.07. The maximum Gasteiger partial charge on any atom is 0.347 e. The third-order valence-electron chi connectivity index (χ3n) is 3.62. The summed E-state index contributed by atoms with van der Waals surface area (Å²) >= 11 is 1.05. The average molecular weight is 384 g/mol. The molecule has 0 aliphatic carbocycles. The van der Waals surface area contributed by atoms with Crippen LogP contribution in [0.1, 0.15) is 18.1 Å². The third-order valence-corrected chi connectivity index (χ3v) is 4.20. The van der Waals surface area contributed by atoms with Gasteiger partial charge < -0.3 is 14.8 Å². The predicted octanol–water partition coefficient (Wildman–Crippen LogP) is 3.83. The van der Waals surface area contributed by atoms with Gasteiger partial charge in [-0.1, -0.05) is 12.1 Å². The van der Waals surface area contributed by atoms with Gasteiger partial charge in [-0.25, -0.2) is 4.79 Å². The number of thiocyanates is 1. The van der Waals surface area contributed by atoms with Gasteiger partial charge in [0.15, 0.2) is 12.7 Å². The van der Waals surface area contributed by atoms with Gasteiger partial charge in [-0.15, -0.1) is 0 Å². The van der Waals surface area contributed by atoms with Crippen molar-refractivity contribution in [3.63, 3.8) is 0 Å². The Morgan fingerprint density at radius 3 is 2.67 bits per heavy atom. The number of carbonyl (C=O) groups is 2. The standard InChI is InChI=1S/C20H20N2O4S/c1-13-5-4-6-16(9-13)26-15(3)20(24)25-11-19(23)22-18-8-7-17(27-12-21)10-14(18)2/h4-10,15H,11H2,1-3H3,(H,22,23)/t15-/m0/s1. The fraction of sp³-hybridized carbons (Fsp3) is 0.250. The first kappa shape index (κ1) is 20.3. The van der Waals surface area contributed by atoms with Gasteiger partial charge in [-0.3, -0.25) is 4.79 Å². The van der Waals surface area contributed by atoms with Gasteiger partial charge in [0.25, 0.3) is 5.91 Å². The lowest BCUT2D eigenvalue weighted by Gasteiger charge is -2.14. The van der Waals surface area contributed by atoms with E-state index in [2.05, 4.69) is 5.32 Å². The molecule has 0 fully saturated rings. The number of nitrogens with zero attached hydrogens (tertiary/aromatic N) is 1. The third kappa shape index (κ3) is 6.35. The molecule has 0 aliphatic rings. The molecule has 1 atom stereocenters.